The largest absolute Gasteiger partial charge is 0.296 e. The summed E-state index contributed by atoms with van der Waals surface area (Å²) in [5.74, 6) is 1.69. The summed E-state index contributed by atoms with van der Waals surface area (Å²) in [6.07, 6.45) is 1.36. The second-order valence-corrected chi connectivity index (χ2v) is 5.50. The van der Waals surface area contributed by atoms with Crippen LogP contribution in [-0.2, 0) is 0 Å². The van der Waals surface area contributed by atoms with Crippen molar-refractivity contribution in [2.45, 2.75) is 59.5 Å². The molecule has 1 nitrogen and oxygen atoms in total. The van der Waals surface area contributed by atoms with Gasteiger partial charge in [0.2, 0.25) is 0 Å². The normalized spacial score (nSPS) is 35.3. The SMILES string of the molecule is CC1CCN(C(C)C)C(C)(C)C1C. The van der Waals surface area contributed by atoms with Crippen molar-refractivity contribution in [2.24, 2.45) is 11.8 Å². The van der Waals surface area contributed by atoms with E-state index in [2.05, 4.69) is 46.4 Å². The molecule has 0 aromatic heterocycles. The van der Waals surface area contributed by atoms with Crippen molar-refractivity contribution in [1.29, 1.82) is 0 Å². The molecule has 0 aliphatic carbocycles. The van der Waals surface area contributed by atoms with E-state index in [4.69, 9.17) is 0 Å². The summed E-state index contributed by atoms with van der Waals surface area (Å²) < 4.78 is 0. The average Bonchev–Trinajstić information content (AvgIpc) is 1.99. The number of hydrogen-bond acceptors (Lipinski definition) is 1. The first-order chi connectivity index (χ1) is 5.87. The summed E-state index contributed by atoms with van der Waals surface area (Å²) in [7, 11) is 0. The van der Waals surface area contributed by atoms with E-state index in [-0.39, 0.29) is 0 Å². The smallest absolute Gasteiger partial charge is 0.0184 e. The van der Waals surface area contributed by atoms with Crippen LogP contribution in [0.4, 0.5) is 0 Å². The van der Waals surface area contributed by atoms with Gasteiger partial charge in [-0.25, -0.2) is 0 Å². The fraction of sp³-hybridized carbons (Fsp3) is 1.00. The highest BCUT2D eigenvalue weighted by Gasteiger charge is 2.40. The monoisotopic (exact) mass is 183 g/mol. The zero-order valence-corrected chi connectivity index (χ0v) is 10.1. The Morgan fingerprint density at radius 2 is 1.77 bits per heavy atom. The van der Waals surface area contributed by atoms with Crippen LogP contribution in [0.25, 0.3) is 0 Å². The summed E-state index contributed by atoms with van der Waals surface area (Å²) in [4.78, 5) is 2.65. The zero-order valence-electron chi connectivity index (χ0n) is 10.1. The highest BCUT2D eigenvalue weighted by Crippen LogP contribution is 2.37. The molecule has 2 unspecified atom stereocenters. The summed E-state index contributed by atoms with van der Waals surface area (Å²) in [6, 6.07) is 0.685. The Morgan fingerprint density at radius 1 is 1.23 bits per heavy atom. The number of nitrogens with zero attached hydrogens (tertiary/aromatic N) is 1. The van der Waals surface area contributed by atoms with Gasteiger partial charge in [-0.05, 0) is 52.5 Å². The molecular weight excluding hydrogens is 158 g/mol. The molecule has 0 radical (unpaired) electrons. The van der Waals surface area contributed by atoms with Gasteiger partial charge in [-0.3, -0.25) is 4.90 Å². The Bertz CT molecular complexity index is 172. The van der Waals surface area contributed by atoms with Crippen LogP contribution in [-0.4, -0.2) is 23.0 Å². The van der Waals surface area contributed by atoms with Crippen molar-refractivity contribution >= 4 is 0 Å². The molecule has 2 atom stereocenters. The molecule has 0 N–H and O–H groups in total. The lowest BCUT2D eigenvalue weighted by Crippen LogP contribution is -2.57. The minimum Gasteiger partial charge on any atom is -0.296 e. The maximum absolute atomic E-state index is 2.65. The molecule has 0 aromatic carbocycles. The molecule has 1 aliphatic rings. The minimum atomic E-state index is 0.381. The third-order valence-corrected chi connectivity index (χ3v) is 4.16. The maximum atomic E-state index is 2.65. The van der Waals surface area contributed by atoms with Crippen molar-refractivity contribution in [2.75, 3.05) is 6.54 Å². The van der Waals surface area contributed by atoms with Gasteiger partial charge < -0.3 is 0 Å². The van der Waals surface area contributed by atoms with Gasteiger partial charge in [-0.15, -0.1) is 0 Å². The molecule has 1 heterocycles. The fourth-order valence-electron chi connectivity index (χ4n) is 2.76. The Labute approximate surface area is 83.5 Å². The van der Waals surface area contributed by atoms with E-state index in [1.807, 2.05) is 0 Å². The number of rotatable bonds is 1. The van der Waals surface area contributed by atoms with Crippen LogP contribution < -0.4 is 0 Å². The second kappa shape index (κ2) is 3.61. The lowest BCUT2D eigenvalue weighted by molar-refractivity contribution is -0.0220. The molecule has 13 heavy (non-hydrogen) atoms. The molecule has 1 fully saturated rings. The molecule has 1 aliphatic heterocycles. The van der Waals surface area contributed by atoms with Crippen LogP contribution in [0.3, 0.4) is 0 Å². The Morgan fingerprint density at radius 3 is 2.23 bits per heavy atom. The third-order valence-electron chi connectivity index (χ3n) is 4.16. The van der Waals surface area contributed by atoms with Crippen molar-refractivity contribution in [1.82, 2.24) is 4.90 Å². The summed E-state index contributed by atoms with van der Waals surface area (Å²) in [5.41, 5.74) is 0.381. The van der Waals surface area contributed by atoms with Crippen LogP contribution in [0.15, 0.2) is 0 Å². The van der Waals surface area contributed by atoms with Gasteiger partial charge in [0.15, 0.2) is 0 Å². The van der Waals surface area contributed by atoms with Crippen LogP contribution in [0.2, 0.25) is 0 Å². The Hall–Kier alpha value is -0.0400. The first kappa shape index (κ1) is 11.0. The van der Waals surface area contributed by atoms with E-state index in [1.54, 1.807) is 0 Å². The third kappa shape index (κ3) is 1.90. The predicted octanol–water partition coefficient (Wildman–Crippen LogP) is 3.15. The van der Waals surface area contributed by atoms with Crippen molar-refractivity contribution in [3.8, 4) is 0 Å². The summed E-state index contributed by atoms with van der Waals surface area (Å²) >= 11 is 0. The van der Waals surface area contributed by atoms with Crippen LogP contribution in [0.1, 0.15) is 48.0 Å². The van der Waals surface area contributed by atoms with Gasteiger partial charge >= 0.3 is 0 Å². The number of likely N-dealkylation sites (tertiary alicyclic amines) is 1. The lowest BCUT2D eigenvalue weighted by Gasteiger charge is -2.51. The first-order valence-electron chi connectivity index (χ1n) is 5.64. The molecule has 0 aromatic rings. The summed E-state index contributed by atoms with van der Waals surface area (Å²) in [5, 5.41) is 0. The fourth-order valence-corrected chi connectivity index (χ4v) is 2.76. The minimum absolute atomic E-state index is 0.381. The van der Waals surface area contributed by atoms with Gasteiger partial charge in [0.25, 0.3) is 0 Å². The van der Waals surface area contributed by atoms with Gasteiger partial charge in [-0.1, -0.05) is 13.8 Å². The van der Waals surface area contributed by atoms with E-state index in [1.165, 1.54) is 13.0 Å². The topological polar surface area (TPSA) is 3.24 Å². The average molecular weight is 183 g/mol. The van der Waals surface area contributed by atoms with E-state index in [0.717, 1.165) is 11.8 Å². The van der Waals surface area contributed by atoms with E-state index >= 15 is 0 Å². The molecule has 0 saturated carbocycles. The molecule has 0 spiro atoms. The quantitative estimate of drug-likeness (QED) is 0.603. The Kier molecular flexibility index (Phi) is 3.06. The molecule has 0 amide bonds. The van der Waals surface area contributed by atoms with Crippen molar-refractivity contribution < 1.29 is 0 Å². The van der Waals surface area contributed by atoms with E-state index in [0.29, 0.717) is 11.6 Å². The maximum Gasteiger partial charge on any atom is 0.0184 e. The van der Waals surface area contributed by atoms with E-state index < -0.39 is 0 Å². The van der Waals surface area contributed by atoms with Gasteiger partial charge in [0, 0.05) is 11.6 Å². The highest BCUT2D eigenvalue weighted by molar-refractivity contribution is 4.94. The number of hydrogen-bond donors (Lipinski definition) is 0. The second-order valence-electron chi connectivity index (χ2n) is 5.50. The van der Waals surface area contributed by atoms with E-state index in [9.17, 15) is 0 Å². The summed E-state index contributed by atoms with van der Waals surface area (Å²) in [6.45, 7) is 15.5. The molecule has 78 valence electrons. The van der Waals surface area contributed by atoms with Crippen LogP contribution >= 0.6 is 0 Å². The Balaban J connectivity index is 2.79. The van der Waals surface area contributed by atoms with Gasteiger partial charge in [0.1, 0.15) is 0 Å². The lowest BCUT2D eigenvalue weighted by atomic mass is 9.73. The predicted molar refractivity (Wildman–Crippen MR) is 58.9 cm³/mol. The van der Waals surface area contributed by atoms with Crippen molar-refractivity contribution in [3.05, 3.63) is 0 Å². The standard InChI is InChI=1S/C12H25N/c1-9(2)13-8-7-10(3)11(4)12(13,5)6/h9-11H,7-8H2,1-6H3. The molecule has 1 saturated heterocycles. The molecule has 1 rings (SSSR count). The van der Waals surface area contributed by atoms with Crippen LogP contribution in [0, 0.1) is 11.8 Å². The van der Waals surface area contributed by atoms with Gasteiger partial charge in [-0.2, -0.15) is 0 Å². The molecule has 0 bridgehead atoms. The van der Waals surface area contributed by atoms with Gasteiger partial charge in [0.05, 0.1) is 0 Å². The first-order valence-corrected chi connectivity index (χ1v) is 5.64. The van der Waals surface area contributed by atoms with Crippen LogP contribution in [0.5, 0.6) is 0 Å². The molecular formula is C12H25N. The molecule has 1 heteroatoms. The zero-order chi connectivity index (χ0) is 10.2. The highest BCUT2D eigenvalue weighted by atomic mass is 15.2. The number of piperidine rings is 1. The van der Waals surface area contributed by atoms with Crippen molar-refractivity contribution in [3.63, 3.8) is 0 Å².